The zero-order valence-electron chi connectivity index (χ0n) is 13.1. The number of carbonyl (C=O) groups excluding carboxylic acids is 1. The second-order valence-corrected chi connectivity index (χ2v) is 7.62. The molecule has 2 aliphatic heterocycles. The summed E-state index contributed by atoms with van der Waals surface area (Å²) in [7, 11) is 0. The molecule has 2 atom stereocenters. The van der Waals surface area contributed by atoms with Gasteiger partial charge in [-0.05, 0) is 57.3 Å². The van der Waals surface area contributed by atoms with Crippen molar-refractivity contribution in [2.24, 2.45) is 11.8 Å². The van der Waals surface area contributed by atoms with E-state index in [0.717, 1.165) is 38.9 Å². The molecule has 4 heteroatoms. The summed E-state index contributed by atoms with van der Waals surface area (Å²) in [4.78, 5) is 15.2. The molecule has 2 aliphatic carbocycles. The van der Waals surface area contributed by atoms with Gasteiger partial charge in [0, 0.05) is 19.3 Å². The van der Waals surface area contributed by atoms with Gasteiger partial charge in [0.2, 0.25) is 5.91 Å². The topological polar surface area (TPSA) is 41.6 Å². The Hall–Kier alpha value is -0.610. The largest absolute Gasteiger partial charge is 0.381 e. The third-order valence-corrected chi connectivity index (χ3v) is 6.35. The molecule has 0 bridgehead atoms. The van der Waals surface area contributed by atoms with E-state index in [4.69, 9.17) is 4.74 Å². The number of nitrogens with one attached hydrogen (secondary N) is 1. The summed E-state index contributed by atoms with van der Waals surface area (Å²) in [5.41, 5.74) is -0.160. The number of amides is 1. The first-order valence-electron chi connectivity index (χ1n) is 8.89. The zero-order valence-corrected chi connectivity index (χ0v) is 13.1. The van der Waals surface area contributed by atoms with Crippen LogP contribution in [-0.2, 0) is 9.53 Å². The van der Waals surface area contributed by atoms with Crippen molar-refractivity contribution in [2.45, 2.75) is 76.0 Å². The highest BCUT2D eigenvalue weighted by molar-refractivity contribution is 5.92. The molecular weight excluding hydrogens is 264 g/mol. The molecule has 4 fully saturated rings. The molecule has 0 aromatic carbocycles. The Labute approximate surface area is 127 Å². The van der Waals surface area contributed by atoms with Crippen molar-refractivity contribution in [1.29, 1.82) is 0 Å². The van der Waals surface area contributed by atoms with Crippen molar-refractivity contribution >= 4 is 5.91 Å². The Balaban J connectivity index is 1.55. The Bertz CT molecular complexity index is 409. The second kappa shape index (κ2) is 5.24. The Morgan fingerprint density at radius 2 is 1.86 bits per heavy atom. The van der Waals surface area contributed by atoms with Crippen LogP contribution in [0.1, 0.15) is 58.3 Å². The molecule has 2 unspecified atom stereocenters. The number of hydrogen-bond acceptors (Lipinski definition) is 3. The summed E-state index contributed by atoms with van der Waals surface area (Å²) in [6.45, 7) is 4.01. The highest BCUT2D eigenvalue weighted by Crippen LogP contribution is 2.47. The van der Waals surface area contributed by atoms with Gasteiger partial charge in [0.15, 0.2) is 0 Å². The van der Waals surface area contributed by atoms with E-state index in [1.54, 1.807) is 0 Å². The van der Waals surface area contributed by atoms with Crippen LogP contribution in [0.5, 0.6) is 0 Å². The van der Waals surface area contributed by atoms with Crippen molar-refractivity contribution in [3.63, 3.8) is 0 Å². The van der Waals surface area contributed by atoms with Crippen LogP contribution >= 0.6 is 0 Å². The number of nitrogens with zero attached hydrogens (tertiary/aromatic N) is 1. The van der Waals surface area contributed by atoms with Crippen molar-refractivity contribution < 1.29 is 9.53 Å². The zero-order chi connectivity index (χ0) is 14.4. The average Bonchev–Trinajstić information content (AvgIpc) is 2.98. The molecule has 2 heterocycles. The molecule has 1 spiro atoms. The lowest BCUT2D eigenvalue weighted by Gasteiger charge is -2.39. The lowest BCUT2D eigenvalue weighted by Crippen LogP contribution is -2.50. The predicted octanol–water partition coefficient (Wildman–Crippen LogP) is 2.28. The van der Waals surface area contributed by atoms with Gasteiger partial charge in [-0.2, -0.15) is 0 Å². The maximum Gasteiger partial charge on any atom is 0.244 e. The summed E-state index contributed by atoms with van der Waals surface area (Å²) in [6, 6.07) is 0.361. The third kappa shape index (κ3) is 2.31. The number of rotatable bonds is 3. The maximum atomic E-state index is 13.0. The Morgan fingerprint density at radius 1 is 1.19 bits per heavy atom. The van der Waals surface area contributed by atoms with Gasteiger partial charge >= 0.3 is 0 Å². The minimum Gasteiger partial charge on any atom is -0.381 e. The van der Waals surface area contributed by atoms with E-state index in [2.05, 4.69) is 17.1 Å². The molecule has 4 rings (SSSR count). The van der Waals surface area contributed by atoms with E-state index in [-0.39, 0.29) is 5.54 Å². The second-order valence-electron chi connectivity index (χ2n) is 7.62. The van der Waals surface area contributed by atoms with Gasteiger partial charge in [-0.25, -0.2) is 0 Å². The number of carbonyl (C=O) groups is 1. The van der Waals surface area contributed by atoms with Crippen LogP contribution in [0.3, 0.4) is 0 Å². The van der Waals surface area contributed by atoms with Crippen LogP contribution in [0.4, 0.5) is 0 Å². The average molecular weight is 292 g/mol. The Morgan fingerprint density at radius 3 is 2.48 bits per heavy atom. The first-order chi connectivity index (χ1) is 10.2. The molecule has 0 aromatic heterocycles. The maximum absolute atomic E-state index is 13.0. The highest BCUT2D eigenvalue weighted by Gasteiger charge is 2.61. The summed E-state index contributed by atoms with van der Waals surface area (Å²) < 4.78 is 5.50. The first-order valence-corrected chi connectivity index (χ1v) is 8.89. The quantitative estimate of drug-likeness (QED) is 0.867. The number of ether oxygens (including phenoxy) is 1. The van der Waals surface area contributed by atoms with Gasteiger partial charge < -0.3 is 9.64 Å². The normalized spacial score (nSPS) is 34.8. The lowest BCUT2D eigenvalue weighted by atomic mass is 9.90. The van der Waals surface area contributed by atoms with E-state index in [1.807, 2.05) is 0 Å². The van der Waals surface area contributed by atoms with E-state index in [1.165, 1.54) is 25.7 Å². The minimum atomic E-state index is -0.160. The van der Waals surface area contributed by atoms with Crippen LogP contribution < -0.4 is 5.32 Å². The van der Waals surface area contributed by atoms with E-state index in [9.17, 15) is 4.79 Å². The van der Waals surface area contributed by atoms with Crippen LogP contribution in [0.15, 0.2) is 0 Å². The van der Waals surface area contributed by atoms with Crippen molar-refractivity contribution in [3.8, 4) is 0 Å². The molecule has 1 N–H and O–H groups in total. The SMILES string of the molecule is CC(C1CCOCC1)N1C(=O)C2(CC2)NC1C1CCCC1. The van der Waals surface area contributed by atoms with E-state index < -0.39 is 0 Å². The molecule has 0 radical (unpaired) electrons. The molecule has 21 heavy (non-hydrogen) atoms. The van der Waals surface area contributed by atoms with E-state index >= 15 is 0 Å². The van der Waals surface area contributed by atoms with Crippen LogP contribution in [0, 0.1) is 11.8 Å². The van der Waals surface area contributed by atoms with Crippen LogP contribution in [-0.4, -0.2) is 41.8 Å². The summed E-state index contributed by atoms with van der Waals surface area (Å²) in [5.74, 6) is 1.69. The molecule has 4 aliphatic rings. The molecule has 4 nitrogen and oxygen atoms in total. The fourth-order valence-electron chi connectivity index (χ4n) is 4.75. The van der Waals surface area contributed by atoms with Gasteiger partial charge in [-0.3, -0.25) is 10.1 Å². The van der Waals surface area contributed by atoms with Crippen LogP contribution in [0.2, 0.25) is 0 Å². The summed E-state index contributed by atoms with van der Waals surface area (Å²) in [6.07, 6.45) is 9.87. The van der Waals surface area contributed by atoms with Gasteiger partial charge in [-0.1, -0.05) is 12.8 Å². The lowest BCUT2D eigenvalue weighted by molar-refractivity contribution is -0.135. The fourth-order valence-corrected chi connectivity index (χ4v) is 4.75. The molecule has 2 saturated heterocycles. The minimum absolute atomic E-state index is 0.160. The molecule has 1 amide bonds. The van der Waals surface area contributed by atoms with Crippen molar-refractivity contribution in [2.75, 3.05) is 13.2 Å². The Kier molecular flexibility index (Phi) is 3.49. The molecule has 0 aromatic rings. The van der Waals surface area contributed by atoms with Gasteiger partial charge in [-0.15, -0.1) is 0 Å². The fraction of sp³-hybridized carbons (Fsp3) is 0.941. The van der Waals surface area contributed by atoms with Gasteiger partial charge in [0.1, 0.15) is 0 Å². The number of hydrogen-bond donors (Lipinski definition) is 1. The first kappa shape index (κ1) is 14.0. The van der Waals surface area contributed by atoms with Crippen LogP contribution in [0.25, 0.3) is 0 Å². The van der Waals surface area contributed by atoms with Crippen molar-refractivity contribution in [1.82, 2.24) is 10.2 Å². The smallest absolute Gasteiger partial charge is 0.244 e. The summed E-state index contributed by atoms with van der Waals surface area (Å²) >= 11 is 0. The highest BCUT2D eigenvalue weighted by atomic mass is 16.5. The summed E-state index contributed by atoms with van der Waals surface area (Å²) in [5, 5.41) is 3.75. The third-order valence-electron chi connectivity index (χ3n) is 6.35. The van der Waals surface area contributed by atoms with E-state index in [0.29, 0.717) is 30.0 Å². The van der Waals surface area contributed by atoms with Gasteiger partial charge in [0.05, 0.1) is 11.7 Å². The predicted molar refractivity (Wildman–Crippen MR) is 80.7 cm³/mol. The molecule has 118 valence electrons. The van der Waals surface area contributed by atoms with Crippen molar-refractivity contribution in [3.05, 3.63) is 0 Å². The monoisotopic (exact) mass is 292 g/mol. The standard InChI is InChI=1S/C17H28N2O2/c1-12(13-6-10-21-11-7-13)19-15(14-4-2-3-5-14)18-17(8-9-17)16(19)20/h12-15,18H,2-11H2,1H3. The molecule has 2 saturated carbocycles. The molecular formula is C17H28N2O2. The van der Waals surface area contributed by atoms with Gasteiger partial charge in [0.25, 0.3) is 0 Å².